The highest BCUT2D eigenvalue weighted by Gasteiger charge is 2.10. The first-order valence-electron chi connectivity index (χ1n) is 7.38. The van der Waals surface area contributed by atoms with E-state index in [-0.39, 0.29) is 23.8 Å². The topological polar surface area (TPSA) is 86.7 Å². The predicted octanol–water partition coefficient (Wildman–Crippen LogP) is 2.36. The number of anilines is 1. The third kappa shape index (κ3) is 5.55. The van der Waals surface area contributed by atoms with E-state index in [0.29, 0.717) is 31.6 Å². The van der Waals surface area contributed by atoms with Gasteiger partial charge in [0, 0.05) is 31.6 Å². The number of rotatable bonds is 8. The summed E-state index contributed by atoms with van der Waals surface area (Å²) in [5.74, 6) is -1.13. The van der Waals surface area contributed by atoms with E-state index in [1.165, 1.54) is 12.1 Å². The maximum atomic E-state index is 11.8. The summed E-state index contributed by atoms with van der Waals surface area (Å²) >= 11 is 0. The molecular formula is C16H22N2O4. The van der Waals surface area contributed by atoms with Gasteiger partial charge in [-0.2, -0.15) is 0 Å². The number of amides is 2. The van der Waals surface area contributed by atoms with Crippen molar-refractivity contribution in [2.75, 3.05) is 18.4 Å². The lowest BCUT2D eigenvalue weighted by Gasteiger charge is -2.18. The Morgan fingerprint density at radius 2 is 1.64 bits per heavy atom. The normalized spacial score (nSPS) is 10.1. The molecule has 1 aromatic carbocycles. The lowest BCUT2D eigenvalue weighted by molar-refractivity contribution is -0.131. The molecule has 1 aromatic rings. The molecule has 2 N–H and O–H groups in total. The van der Waals surface area contributed by atoms with E-state index in [1.807, 2.05) is 13.8 Å². The summed E-state index contributed by atoms with van der Waals surface area (Å²) in [6.07, 6.45) is 1.11. The van der Waals surface area contributed by atoms with Crippen LogP contribution in [0.25, 0.3) is 0 Å². The van der Waals surface area contributed by atoms with Crippen LogP contribution in [-0.2, 0) is 9.59 Å². The van der Waals surface area contributed by atoms with Gasteiger partial charge in [-0.25, -0.2) is 4.79 Å². The lowest BCUT2D eigenvalue weighted by Crippen LogP contribution is -2.30. The molecule has 0 spiro atoms. The summed E-state index contributed by atoms with van der Waals surface area (Å²) in [6, 6.07) is 5.95. The lowest BCUT2D eigenvalue weighted by atomic mass is 10.2. The van der Waals surface area contributed by atoms with Gasteiger partial charge in [0.15, 0.2) is 0 Å². The molecule has 0 fully saturated rings. The molecule has 1 rings (SSSR count). The van der Waals surface area contributed by atoms with E-state index < -0.39 is 5.97 Å². The molecule has 120 valence electrons. The molecule has 0 aliphatic rings. The highest BCUT2D eigenvalue weighted by molar-refractivity contribution is 5.92. The standard InChI is InChI=1S/C16H22N2O4/c1-3-18(4-2)15(20)7-5-6-14(19)17-13-10-8-12(9-11-13)16(21)22/h8-11H,3-7H2,1-2H3,(H,17,19)(H,21,22). The minimum atomic E-state index is -1.01. The summed E-state index contributed by atoms with van der Waals surface area (Å²) in [5, 5.41) is 11.5. The minimum Gasteiger partial charge on any atom is -0.478 e. The zero-order chi connectivity index (χ0) is 16.5. The molecule has 0 aliphatic carbocycles. The summed E-state index contributed by atoms with van der Waals surface area (Å²) in [6.45, 7) is 5.21. The maximum Gasteiger partial charge on any atom is 0.335 e. The van der Waals surface area contributed by atoms with Crippen LogP contribution in [0.3, 0.4) is 0 Å². The number of nitrogens with zero attached hydrogens (tertiary/aromatic N) is 1. The van der Waals surface area contributed by atoms with Crippen molar-refractivity contribution in [2.24, 2.45) is 0 Å². The van der Waals surface area contributed by atoms with Gasteiger partial charge < -0.3 is 15.3 Å². The Bertz CT molecular complexity index is 521. The average Bonchev–Trinajstić information content (AvgIpc) is 2.49. The number of hydrogen-bond donors (Lipinski definition) is 2. The third-order valence-electron chi connectivity index (χ3n) is 3.33. The monoisotopic (exact) mass is 306 g/mol. The molecule has 6 nitrogen and oxygen atoms in total. The van der Waals surface area contributed by atoms with Crippen molar-refractivity contribution in [2.45, 2.75) is 33.1 Å². The van der Waals surface area contributed by atoms with E-state index in [1.54, 1.807) is 17.0 Å². The first kappa shape index (κ1) is 17.7. The molecule has 0 bridgehead atoms. The van der Waals surface area contributed by atoms with Crippen LogP contribution in [0, 0.1) is 0 Å². The fraction of sp³-hybridized carbons (Fsp3) is 0.438. The summed E-state index contributed by atoms with van der Waals surface area (Å²) in [7, 11) is 0. The number of carbonyl (C=O) groups excluding carboxylic acids is 2. The quantitative estimate of drug-likeness (QED) is 0.772. The van der Waals surface area contributed by atoms with Crippen LogP contribution in [0.4, 0.5) is 5.69 Å². The SMILES string of the molecule is CCN(CC)C(=O)CCCC(=O)Nc1ccc(C(=O)O)cc1. The Morgan fingerprint density at radius 3 is 2.14 bits per heavy atom. The maximum absolute atomic E-state index is 11.8. The van der Waals surface area contributed by atoms with Crippen molar-refractivity contribution < 1.29 is 19.5 Å². The number of carboxylic acid groups (broad SMARTS) is 1. The van der Waals surface area contributed by atoms with Gasteiger partial charge in [0.2, 0.25) is 11.8 Å². The average molecular weight is 306 g/mol. The first-order valence-corrected chi connectivity index (χ1v) is 7.38. The van der Waals surface area contributed by atoms with Crippen LogP contribution in [0.15, 0.2) is 24.3 Å². The molecule has 2 amide bonds. The molecule has 0 atom stereocenters. The number of carbonyl (C=O) groups is 3. The third-order valence-corrected chi connectivity index (χ3v) is 3.33. The van der Waals surface area contributed by atoms with Gasteiger partial charge in [0.25, 0.3) is 0 Å². The molecule has 0 saturated carbocycles. The Labute approximate surface area is 130 Å². The van der Waals surface area contributed by atoms with Crippen molar-refractivity contribution in [3.8, 4) is 0 Å². The molecule has 22 heavy (non-hydrogen) atoms. The van der Waals surface area contributed by atoms with Gasteiger partial charge in [0.05, 0.1) is 5.56 Å². The Hall–Kier alpha value is -2.37. The van der Waals surface area contributed by atoms with Crippen molar-refractivity contribution in [3.63, 3.8) is 0 Å². The Morgan fingerprint density at radius 1 is 1.05 bits per heavy atom. The highest BCUT2D eigenvalue weighted by Crippen LogP contribution is 2.11. The van der Waals surface area contributed by atoms with Crippen LogP contribution in [0.2, 0.25) is 0 Å². The number of carboxylic acids is 1. The van der Waals surface area contributed by atoms with Gasteiger partial charge >= 0.3 is 5.97 Å². The van der Waals surface area contributed by atoms with Gasteiger partial charge in [-0.3, -0.25) is 9.59 Å². The zero-order valence-corrected chi connectivity index (χ0v) is 13.0. The zero-order valence-electron chi connectivity index (χ0n) is 13.0. The number of benzene rings is 1. The number of aromatic carboxylic acids is 1. The van der Waals surface area contributed by atoms with E-state index in [0.717, 1.165) is 0 Å². The molecule has 0 saturated heterocycles. The van der Waals surface area contributed by atoms with Gasteiger partial charge in [0.1, 0.15) is 0 Å². The van der Waals surface area contributed by atoms with E-state index in [9.17, 15) is 14.4 Å². The van der Waals surface area contributed by atoms with E-state index in [4.69, 9.17) is 5.11 Å². The molecule has 0 radical (unpaired) electrons. The Balaban J connectivity index is 2.37. The van der Waals surface area contributed by atoms with Crippen molar-refractivity contribution in [1.82, 2.24) is 4.90 Å². The summed E-state index contributed by atoms with van der Waals surface area (Å²) in [5.41, 5.74) is 0.716. The molecule has 6 heteroatoms. The first-order chi connectivity index (χ1) is 10.5. The van der Waals surface area contributed by atoms with Crippen LogP contribution in [-0.4, -0.2) is 40.9 Å². The predicted molar refractivity (Wildman–Crippen MR) is 83.8 cm³/mol. The van der Waals surface area contributed by atoms with Gasteiger partial charge in [-0.05, 0) is 44.5 Å². The molecule has 0 aliphatic heterocycles. The summed E-state index contributed by atoms with van der Waals surface area (Å²) < 4.78 is 0. The number of hydrogen-bond acceptors (Lipinski definition) is 3. The van der Waals surface area contributed by atoms with Crippen LogP contribution in [0.1, 0.15) is 43.5 Å². The highest BCUT2D eigenvalue weighted by atomic mass is 16.4. The molecular weight excluding hydrogens is 284 g/mol. The van der Waals surface area contributed by atoms with Crippen LogP contribution < -0.4 is 5.32 Å². The second-order valence-corrected chi connectivity index (χ2v) is 4.85. The second-order valence-electron chi connectivity index (χ2n) is 4.85. The molecule has 0 heterocycles. The minimum absolute atomic E-state index is 0.0589. The van der Waals surface area contributed by atoms with Crippen molar-refractivity contribution >= 4 is 23.5 Å². The molecule has 0 unspecified atom stereocenters. The van der Waals surface area contributed by atoms with E-state index in [2.05, 4.69) is 5.32 Å². The van der Waals surface area contributed by atoms with E-state index >= 15 is 0 Å². The van der Waals surface area contributed by atoms with Gasteiger partial charge in [-0.1, -0.05) is 0 Å². The Kier molecular flexibility index (Phi) is 7.08. The van der Waals surface area contributed by atoms with Crippen molar-refractivity contribution in [3.05, 3.63) is 29.8 Å². The molecule has 0 aromatic heterocycles. The second kappa shape index (κ2) is 8.81. The van der Waals surface area contributed by atoms with Crippen LogP contribution >= 0.6 is 0 Å². The largest absolute Gasteiger partial charge is 0.478 e. The van der Waals surface area contributed by atoms with Crippen molar-refractivity contribution in [1.29, 1.82) is 0 Å². The number of nitrogens with one attached hydrogen (secondary N) is 1. The fourth-order valence-corrected chi connectivity index (χ4v) is 2.05. The summed E-state index contributed by atoms with van der Waals surface area (Å²) in [4.78, 5) is 36.0. The fourth-order valence-electron chi connectivity index (χ4n) is 2.05. The van der Waals surface area contributed by atoms with Gasteiger partial charge in [-0.15, -0.1) is 0 Å². The smallest absolute Gasteiger partial charge is 0.335 e. The van der Waals surface area contributed by atoms with Crippen LogP contribution in [0.5, 0.6) is 0 Å².